The fraction of sp³-hybridized carbons (Fsp3) is 0.267. The summed E-state index contributed by atoms with van der Waals surface area (Å²) in [5.74, 6) is 0.0327. The van der Waals surface area contributed by atoms with Gasteiger partial charge in [-0.2, -0.15) is 0 Å². The summed E-state index contributed by atoms with van der Waals surface area (Å²) in [6.07, 6.45) is 3.91. The Morgan fingerprint density at radius 1 is 1.40 bits per heavy atom. The molecular formula is C15H14BrClN2O. The Bertz CT molecular complexity index is 607. The maximum Gasteiger partial charge on any atom is 0.254 e. The number of halogens is 2. The number of aromatic amines is 1. The molecule has 3 rings (SSSR count). The van der Waals surface area contributed by atoms with Gasteiger partial charge in [0.1, 0.15) is 0 Å². The molecule has 1 aliphatic rings. The molecule has 0 bridgehead atoms. The predicted molar refractivity (Wildman–Crippen MR) is 83.0 cm³/mol. The van der Waals surface area contributed by atoms with Crippen molar-refractivity contribution in [1.82, 2.24) is 9.88 Å². The molecule has 1 aliphatic heterocycles. The molecule has 1 fully saturated rings. The van der Waals surface area contributed by atoms with Gasteiger partial charge in [-0.05, 0) is 43.2 Å². The van der Waals surface area contributed by atoms with Crippen LogP contribution in [0.2, 0.25) is 5.02 Å². The highest BCUT2D eigenvalue weighted by Gasteiger charge is 2.31. The van der Waals surface area contributed by atoms with E-state index in [1.807, 2.05) is 29.3 Å². The van der Waals surface area contributed by atoms with Crippen molar-refractivity contribution >= 4 is 33.4 Å². The second-order valence-corrected chi connectivity index (χ2v) is 6.29. The van der Waals surface area contributed by atoms with Gasteiger partial charge in [-0.15, -0.1) is 0 Å². The number of carbonyl (C=O) groups excluding carboxylic acids is 1. The summed E-state index contributed by atoms with van der Waals surface area (Å²) >= 11 is 9.41. The molecule has 0 aliphatic carbocycles. The van der Waals surface area contributed by atoms with Gasteiger partial charge in [0, 0.05) is 33.5 Å². The number of nitrogens with one attached hydrogen (secondary N) is 1. The molecule has 104 valence electrons. The fourth-order valence-corrected chi connectivity index (χ4v) is 3.59. The first-order valence-corrected chi connectivity index (χ1v) is 7.72. The molecule has 0 spiro atoms. The number of benzene rings is 1. The van der Waals surface area contributed by atoms with Crippen LogP contribution < -0.4 is 0 Å². The molecule has 20 heavy (non-hydrogen) atoms. The fourth-order valence-electron chi connectivity index (χ4n) is 2.73. The number of nitrogens with zero attached hydrogens (tertiary/aromatic N) is 1. The SMILES string of the molecule is O=C(c1cc(Cl)cc(Br)c1)N1CCCC1c1ccc[nH]1. The van der Waals surface area contributed by atoms with Gasteiger partial charge in [0.15, 0.2) is 0 Å². The molecule has 1 saturated heterocycles. The van der Waals surface area contributed by atoms with Gasteiger partial charge in [-0.25, -0.2) is 0 Å². The van der Waals surface area contributed by atoms with Gasteiger partial charge in [0.25, 0.3) is 5.91 Å². The third kappa shape index (κ3) is 2.63. The van der Waals surface area contributed by atoms with E-state index in [9.17, 15) is 4.79 Å². The van der Waals surface area contributed by atoms with Crippen LogP contribution in [0, 0.1) is 0 Å². The predicted octanol–water partition coefficient (Wildman–Crippen LogP) is 4.41. The largest absolute Gasteiger partial charge is 0.363 e. The second kappa shape index (κ2) is 5.62. The van der Waals surface area contributed by atoms with Crippen LogP contribution in [0.25, 0.3) is 0 Å². The van der Waals surface area contributed by atoms with Crippen LogP contribution in [0.1, 0.15) is 34.9 Å². The molecule has 0 saturated carbocycles. The first-order chi connectivity index (χ1) is 9.65. The van der Waals surface area contributed by atoms with E-state index in [1.54, 1.807) is 12.1 Å². The van der Waals surface area contributed by atoms with E-state index in [-0.39, 0.29) is 11.9 Å². The number of hydrogen-bond donors (Lipinski definition) is 1. The monoisotopic (exact) mass is 352 g/mol. The molecule has 1 unspecified atom stereocenters. The summed E-state index contributed by atoms with van der Waals surface area (Å²) in [5, 5.41) is 0.568. The zero-order chi connectivity index (χ0) is 14.1. The summed E-state index contributed by atoms with van der Waals surface area (Å²) in [4.78, 5) is 17.8. The van der Waals surface area contributed by atoms with Crippen LogP contribution >= 0.6 is 27.5 Å². The summed E-state index contributed by atoms with van der Waals surface area (Å²) in [7, 11) is 0. The second-order valence-electron chi connectivity index (χ2n) is 4.94. The number of likely N-dealkylation sites (tertiary alicyclic amines) is 1. The van der Waals surface area contributed by atoms with Crippen molar-refractivity contribution in [2.45, 2.75) is 18.9 Å². The summed E-state index contributed by atoms with van der Waals surface area (Å²) in [6.45, 7) is 0.784. The molecule has 0 radical (unpaired) electrons. The van der Waals surface area contributed by atoms with Crippen LogP contribution in [-0.2, 0) is 0 Å². The average molecular weight is 354 g/mol. The zero-order valence-corrected chi connectivity index (χ0v) is 13.1. The van der Waals surface area contributed by atoms with Gasteiger partial charge in [0.2, 0.25) is 0 Å². The molecule has 1 amide bonds. The highest BCUT2D eigenvalue weighted by molar-refractivity contribution is 9.10. The minimum Gasteiger partial charge on any atom is -0.363 e. The lowest BCUT2D eigenvalue weighted by molar-refractivity contribution is 0.0733. The van der Waals surface area contributed by atoms with Crippen molar-refractivity contribution in [3.05, 3.63) is 57.3 Å². The Labute approximate surface area is 131 Å². The Morgan fingerprint density at radius 2 is 2.25 bits per heavy atom. The highest BCUT2D eigenvalue weighted by Crippen LogP contribution is 2.33. The summed E-state index contributed by atoms with van der Waals surface area (Å²) in [6, 6.07) is 9.45. The van der Waals surface area contributed by atoms with E-state index >= 15 is 0 Å². The van der Waals surface area contributed by atoms with Crippen molar-refractivity contribution in [2.75, 3.05) is 6.54 Å². The number of aromatic nitrogens is 1. The van der Waals surface area contributed by atoms with Crippen LogP contribution in [0.5, 0.6) is 0 Å². The number of amides is 1. The molecule has 2 heterocycles. The highest BCUT2D eigenvalue weighted by atomic mass is 79.9. The van der Waals surface area contributed by atoms with Gasteiger partial charge in [0.05, 0.1) is 6.04 Å². The van der Waals surface area contributed by atoms with Crippen molar-refractivity contribution < 1.29 is 4.79 Å². The van der Waals surface area contributed by atoms with Gasteiger partial charge < -0.3 is 9.88 Å². The molecule has 1 aromatic heterocycles. The normalized spacial score (nSPS) is 18.5. The molecule has 1 atom stereocenters. The molecule has 2 aromatic rings. The van der Waals surface area contributed by atoms with Gasteiger partial charge >= 0.3 is 0 Å². The first-order valence-electron chi connectivity index (χ1n) is 6.55. The van der Waals surface area contributed by atoms with Crippen LogP contribution in [-0.4, -0.2) is 22.3 Å². The topological polar surface area (TPSA) is 36.1 Å². The molecule has 3 nitrogen and oxygen atoms in total. The van der Waals surface area contributed by atoms with Crippen LogP contribution in [0.4, 0.5) is 0 Å². The molecule has 5 heteroatoms. The smallest absolute Gasteiger partial charge is 0.254 e. The average Bonchev–Trinajstić information content (AvgIpc) is 3.07. The number of hydrogen-bond acceptors (Lipinski definition) is 1. The lowest BCUT2D eigenvalue weighted by Crippen LogP contribution is -2.30. The Kier molecular flexibility index (Phi) is 3.85. The lowest BCUT2D eigenvalue weighted by Gasteiger charge is -2.24. The van der Waals surface area contributed by atoms with Crippen molar-refractivity contribution in [1.29, 1.82) is 0 Å². The summed E-state index contributed by atoms with van der Waals surface area (Å²) in [5.41, 5.74) is 1.72. The number of rotatable bonds is 2. The van der Waals surface area contributed by atoms with Gasteiger partial charge in [-0.1, -0.05) is 27.5 Å². The maximum absolute atomic E-state index is 12.7. The van der Waals surface area contributed by atoms with E-state index in [4.69, 9.17) is 11.6 Å². The molecule has 1 aromatic carbocycles. The third-order valence-corrected chi connectivity index (χ3v) is 4.28. The first kappa shape index (κ1) is 13.7. The van der Waals surface area contributed by atoms with E-state index in [0.29, 0.717) is 10.6 Å². The Hall–Kier alpha value is -1.26. The zero-order valence-electron chi connectivity index (χ0n) is 10.8. The minimum absolute atomic E-state index is 0.0327. The minimum atomic E-state index is 0.0327. The lowest BCUT2D eigenvalue weighted by atomic mass is 10.1. The van der Waals surface area contributed by atoms with Crippen molar-refractivity contribution in [3.8, 4) is 0 Å². The van der Waals surface area contributed by atoms with E-state index in [2.05, 4.69) is 20.9 Å². The quantitative estimate of drug-likeness (QED) is 0.853. The standard InChI is InChI=1S/C15H14BrClN2O/c16-11-7-10(8-12(17)9-11)15(20)19-6-2-4-14(19)13-3-1-5-18-13/h1,3,5,7-9,14,18H,2,4,6H2. The van der Waals surface area contributed by atoms with E-state index in [1.165, 1.54) is 0 Å². The molecule has 1 N–H and O–H groups in total. The number of H-pyrrole nitrogens is 1. The summed E-state index contributed by atoms with van der Waals surface area (Å²) < 4.78 is 0.823. The maximum atomic E-state index is 12.7. The number of carbonyl (C=O) groups is 1. The Balaban J connectivity index is 1.89. The van der Waals surface area contributed by atoms with Gasteiger partial charge in [-0.3, -0.25) is 4.79 Å². The Morgan fingerprint density at radius 3 is 2.95 bits per heavy atom. The molecular weight excluding hydrogens is 340 g/mol. The van der Waals surface area contributed by atoms with E-state index < -0.39 is 0 Å². The van der Waals surface area contributed by atoms with Crippen LogP contribution in [0.3, 0.4) is 0 Å². The van der Waals surface area contributed by atoms with E-state index in [0.717, 1.165) is 29.6 Å². The van der Waals surface area contributed by atoms with Crippen molar-refractivity contribution in [3.63, 3.8) is 0 Å². The third-order valence-electron chi connectivity index (χ3n) is 3.60. The van der Waals surface area contributed by atoms with Crippen LogP contribution in [0.15, 0.2) is 41.0 Å². The van der Waals surface area contributed by atoms with Crippen molar-refractivity contribution in [2.24, 2.45) is 0 Å².